The molecule has 4 aliphatic rings. The molecule has 13 heterocycles. The maximum absolute atomic E-state index is 14.6. The molecular formula is C95H87BrF4N20O9S. The van der Waals surface area contributed by atoms with Gasteiger partial charge >= 0.3 is 30.2 Å². The molecule has 16 N–H and O–H groups in total. The molecule has 4 fully saturated rings. The monoisotopic (exact) mass is 1840 g/mol. The molecule has 5 aromatic carbocycles. The highest BCUT2D eigenvalue weighted by atomic mass is 79.9. The Hall–Kier alpha value is -14.5. The molecule has 0 aliphatic heterocycles. The Morgan fingerprint density at radius 2 is 0.715 bits per heavy atom. The van der Waals surface area contributed by atoms with E-state index in [9.17, 15) is 57.2 Å². The molecule has 29 nitrogen and oxygen atoms in total. The van der Waals surface area contributed by atoms with Crippen LogP contribution in [0.2, 0.25) is 0 Å². The Morgan fingerprint density at radius 1 is 0.400 bits per heavy atom. The maximum atomic E-state index is 14.6. The van der Waals surface area contributed by atoms with E-state index < -0.39 is 30.2 Å². The van der Waals surface area contributed by atoms with Crippen LogP contribution in [-0.2, 0) is 19.2 Å². The SMILES string of the molecule is Nc1nccn2c(C3CCC(C(=O)O)CC3)nc(-c3cc4cccc(-c5ccccc5F)c4[nH]3)c12.Nc1nccn2c(C3CCC(C(=O)O)CC3)nc(-c3cc4cccc(-c5ccsc5)c4[nH]3)c12.Nc1nccn2c(C3CCC(C(=O)O)CC3)nc(-c3cc4cccc(Br)c4[nH]3)c12.Nc1nccn2c(C3CCC(C(=O)O)CC3)nc(-c3cc4cccc(OC(F)(F)F)c4[nH]3)c12. The molecule has 35 heteroatoms. The van der Waals surface area contributed by atoms with Crippen molar-refractivity contribution in [3.05, 3.63) is 221 Å². The summed E-state index contributed by atoms with van der Waals surface area (Å²) in [6, 6.07) is 39.2. The number of carboxylic acid groups (broad SMARTS) is 4. The number of carboxylic acids is 4. The predicted molar refractivity (Wildman–Crippen MR) is 491 cm³/mol. The van der Waals surface area contributed by atoms with Crippen molar-refractivity contribution in [2.24, 2.45) is 23.7 Å². The molecule has 22 rings (SSSR count). The highest BCUT2D eigenvalue weighted by molar-refractivity contribution is 9.10. The van der Waals surface area contributed by atoms with Crippen LogP contribution in [0.4, 0.5) is 40.8 Å². The number of benzene rings is 5. The zero-order valence-electron chi connectivity index (χ0n) is 69.6. The van der Waals surface area contributed by atoms with E-state index in [0.29, 0.717) is 121 Å². The first-order valence-corrected chi connectivity index (χ1v) is 44.7. The first kappa shape index (κ1) is 85.0. The highest BCUT2D eigenvalue weighted by Gasteiger charge is 2.38. The number of carbonyl (C=O) groups is 4. The predicted octanol–water partition coefficient (Wildman–Crippen LogP) is 20.5. The number of alkyl halides is 3. The molecule has 0 spiro atoms. The number of aromatic nitrogens is 16. The number of ether oxygens (including phenoxy) is 1. The van der Waals surface area contributed by atoms with Crippen LogP contribution >= 0.6 is 27.3 Å². The number of imidazole rings is 4. The van der Waals surface area contributed by atoms with Gasteiger partial charge in [-0.15, -0.1) is 13.2 Å². The summed E-state index contributed by atoms with van der Waals surface area (Å²) in [5.74, 6) is 0.734. The smallest absolute Gasteiger partial charge is 0.481 e. The van der Waals surface area contributed by atoms with E-state index >= 15 is 0 Å². The highest BCUT2D eigenvalue weighted by Crippen LogP contribution is 2.47. The van der Waals surface area contributed by atoms with E-state index in [-0.39, 0.29) is 70.2 Å². The van der Waals surface area contributed by atoms with Crippen LogP contribution in [0.5, 0.6) is 5.75 Å². The van der Waals surface area contributed by atoms with Crippen LogP contribution < -0.4 is 27.7 Å². The molecule has 0 unspecified atom stereocenters. The van der Waals surface area contributed by atoms with Crippen LogP contribution in [0.15, 0.2) is 192 Å². The van der Waals surface area contributed by atoms with Gasteiger partial charge in [-0.25, -0.2) is 44.3 Å². The molecule has 662 valence electrons. The lowest BCUT2D eigenvalue weighted by atomic mass is 9.81. The first-order valence-electron chi connectivity index (χ1n) is 42.9. The summed E-state index contributed by atoms with van der Waals surface area (Å²) < 4.78 is 66.1. The number of hydrogen-bond donors (Lipinski definition) is 12. The Morgan fingerprint density at radius 3 is 1.06 bits per heavy atom. The van der Waals surface area contributed by atoms with Crippen LogP contribution in [0.1, 0.15) is 150 Å². The van der Waals surface area contributed by atoms with E-state index in [1.165, 1.54) is 23.8 Å². The molecule has 4 aliphatic carbocycles. The summed E-state index contributed by atoms with van der Waals surface area (Å²) in [7, 11) is 0. The topological polar surface area (TPSA) is 446 Å². The van der Waals surface area contributed by atoms with Gasteiger partial charge in [-0.05, 0) is 184 Å². The van der Waals surface area contributed by atoms with Gasteiger partial charge in [0, 0.05) is 116 Å². The zero-order valence-corrected chi connectivity index (χ0v) is 72.0. The van der Waals surface area contributed by atoms with Gasteiger partial charge in [0.25, 0.3) is 0 Å². The number of aliphatic carboxylic acids is 4. The second-order valence-corrected chi connectivity index (χ2v) is 35.3. The van der Waals surface area contributed by atoms with Crippen molar-refractivity contribution >= 4 is 140 Å². The number of aromatic amines is 4. The minimum Gasteiger partial charge on any atom is -0.481 e. The summed E-state index contributed by atoms with van der Waals surface area (Å²) >= 11 is 5.27. The minimum absolute atomic E-state index is 0.0251. The van der Waals surface area contributed by atoms with E-state index in [2.05, 4.69) is 108 Å². The molecule has 0 amide bonds. The van der Waals surface area contributed by atoms with Crippen LogP contribution in [0, 0.1) is 29.5 Å². The van der Waals surface area contributed by atoms with Gasteiger partial charge in [0.05, 0.1) is 68.5 Å². The number of anilines is 4. The second-order valence-electron chi connectivity index (χ2n) is 33.7. The number of halogens is 5. The third kappa shape index (κ3) is 16.3. The molecule has 4 saturated carbocycles. The maximum Gasteiger partial charge on any atom is 0.573 e. The number of nitrogens with one attached hydrogen (secondary N) is 4. The van der Waals surface area contributed by atoms with E-state index in [0.717, 1.165) is 150 Å². The fourth-order valence-electron chi connectivity index (χ4n) is 19.5. The quantitative estimate of drug-likeness (QED) is 0.0424. The molecule has 13 aromatic heterocycles. The van der Waals surface area contributed by atoms with Gasteiger partial charge in [0.1, 0.15) is 97.2 Å². The van der Waals surface area contributed by atoms with E-state index in [4.69, 9.17) is 42.9 Å². The van der Waals surface area contributed by atoms with Gasteiger partial charge in [-0.1, -0.05) is 78.9 Å². The molecule has 18 aromatic rings. The Balaban J connectivity index is 0.000000113. The van der Waals surface area contributed by atoms with E-state index in [1.54, 1.807) is 66.6 Å². The van der Waals surface area contributed by atoms with Crippen molar-refractivity contribution < 1.29 is 61.9 Å². The normalized spacial score (nSPS) is 19.0. The van der Waals surface area contributed by atoms with Gasteiger partial charge in [-0.2, -0.15) is 11.3 Å². The molecule has 0 saturated heterocycles. The summed E-state index contributed by atoms with van der Waals surface area (Å²) in [5, 5.41) is 45.2. The molecule has 130 heavy (non-hydrogen) atoms. The average Bonchev–Trinajstić information content (AvgIpc) is 1.61. The van der Waals surface area contributed by atoms with Gasteiger partial charge in [0.2, 0.25) is 0 Å². The van der Waals surface area contributed by atoms with Crippen molar-refractivity contribution in [1.82, 2.24) is 77.4 Å². The zero-order chi connectivity index (χ0) is 90.1. The van der Waals surface area contributed by atoms with Crippen LogP contribution in [0.25, 0.3) is 133 Å². The Bertz CT molecular complexity index is 7380. The minimum atomic E-state index is -4.82. The third-order valence-electron chi connectivity index (χ3n) is 26.0. The number of para-hydroxylation sites is 4. The number of nitrogens with two attached hydrogens (primary N) is 4. The van der Waals surface area contributed by atoms with E-state index in [1.807, 2.05) is 84.7 Å². The van der Waals surface area contributed by atoms with Crippen molar-refractivity contribution in [3.8, 4) is 73.6 Å². The molecule has 0 radical (unpaired) electrons. The lowest BCUT2D eigenvalue weighted by Crippen LogP contribution is -2.21. The fraction of sp³-hybridized carbons (Fsp3) is 0.263. The summed E-state index contributed by atoms with van der Waals surface area (Å²) in [6.07, 6.45) is 20.2. The Labute approximate surface area is 749 Å². The van der Waals surface area contributed by atoms with Crippen LogP contribution in [0.3, 0.4) is 0 Å². The first-order chi connectivity index (χ1) is 62.8. The van der Waals surface area contributed by atoms with Crippen LogP contribution in [-0.4, -0.2) is 128 Å². The summed E-state index contributed by atoms with van der Waals surface area (Å²) in [5.41, 5.74) is 40.4. The number of nitrogen functional groups attached to an aromatic ring is 4. The van der Waals surface area contributed by atoms with Gasteiger partial charge in [-0.3, -0.25) is 36.8 Å². The second kappa shape index (κ2) is 34.9. The number of thiophene rings is 1. The fourth-order valence-corrected chi connectivity index (χ4v) is 20.6. The van der Waals surface area contributed by atoms with Crippen molar-refractivity contribution in [2.75, 3.05) is 22.9 Å². The number of H-pyrrole nitrogens is 4. The van der Waals surface area contributed by atoms with Gasteiger partial charge < -0.3 is 68.0 Å². The number of hydrogen-bond acceptors (Lipinski definition) is 18. The number of rotatable bonds is 15. The lowest BCUT2D eigenvalue weighted by Gasteiger charge is -2.25. The van der Waals surface area contributed by atoms with Gasteiger partial charge in [0.15, 0.2) is 5.75 Å². The molecule has 0 bridgehead atoms. The van der Waals surface area contributed by atoms with Crippen molar-refractivity contribution in [2.45, 2.75) is 133 Å². The number of nitrogens with zero attached hydrogens (tertiary/aromatic N) is 12. The Kier molecular flexibility index (Phi) is 22.8. The number of fused-ring (bicyclic) bond motifs is 8. The lowest BCUT2D eigenvalue weighted by molar-refractivity contribution is -0.274. The standard InChI is InChI=1S/C27H24FN5O2.C25H23N5O2S.C22H20F3N5O3.C21H20BrN5O2/c28-20-7-2-1-5-18(20)19-6-3-4-17-14-21(31-22(17)19)23-24-25(29)30-12-13-33(24)26(32-23)15-8-10-16(11-9-15)27(34)35;26-23-22-21(19-12-16-2-1-3-18(20(16)28-19)17-8-11-33-13-17)29-24(30(22)10-9-27-23)14-4-6-15(7-5-14)25(31)32;23-22(24,25)33-15-3-1-2-13-10-14(28-16(13)15)17-18-19(26)27-8-9-30(18)20(29-17)11-4-6-12(7-5-11)21(31)32;22-14-3-1-2-13-10-15(25-16(13)14)17-18-19(23)24-8-9-27(18)20(26-17)11-4-6-12(7-5-11)21(28)29/h1-7,12-16,31H,8-11H2,(H2,29,30)(H,34,35);1-3,8-15,28H,4-7H2,(H2,26,27)(H,31,32);1-3,8-12,28H,4-7H2,(H2,26,27)(H,31,32);1-3,8-12,25H,4-7H2,(H2,23,24)(H,28,29). The third-order valence-corrected chi connectivity index (χ3v) is 27.3. The average molecular weight is 1840 g/mol. The summed E-state index contributed by atoms with van der Waals surface area (Å²) in [4.78, 5) is 95.9. The van der Waals surface area contributed by atoms with Crippen molar-refractivity contribution in [1.29, 1.82) is 0 Å². The molecular weight excluding hydrogens is 1750 g/mol. The largest absolute Gasteiger partial charge is 0.573 e. The summed E-state index contributed by atoms with van der Waals surface area (Å²) in [6.45, 7) is 0. The van der Waals surface area contributed by atoms with Crippen molar-refractivity contribution in [3.63, 3.8) is 0 Å². The molecule has 0 atom stereocenters.